The van der Waals surface area contributed by atoms with Gasteiger partial charge in [-0.15, -0.1) is 0 Å². The highest BCUT2D eigenvalue weighted by molar-refractivity contribution is 5.98. The van der Waals surface area contributed by atoms with Crippen LogP contribution in [0, 0.1) is 5.92 Å². The summed E-state index contributed by atoms with van der Waals surface area (Å²) in [4.78, 5) is 17.5. The number of fused-ring (bicyclic) bond motifs is 3. The number of carbonyl (C=O) groups excluding carboxylic acids is 1. The van der Waals surface area contributed by atoms with Gasteiger partial charge in [0.1, 0.15) is 6.23 Å². The van der Waals surface area contributed by atoms with Crippen molar-refractivity contribution in [3.05, 3.63) is 34.9 Å². The Labute approximate surface area is 137 Å². The van der Waals surface area contributed by atoms with Gasteiger partial charge in [-0.3, -0.25) is 4.79 Å². The van der Waals surface area contributed by atoms with E-state index in [0.717, 1.165) is 50.0 Å². The van der Waals surface area contributed by atoms with E-state index in [1.54, 1.807) is 0 Å². The molecule has 0 spiro atoms. The van der Waals surface area contributed by atoms with Crippen molar-refractivity contribution >= 4 is 5.91 Å². The van der Waals surface area contributed by atoms with Gasteiger partial charge in [-0.1, -0.05) is 12.1 Å². The molecular weight excluding hydrogens is 288 g/mol. The van der Waals surface area contributed by atoms with Gasteiger partial charge in [0, 0.05) is 18.0 Å². The summed E-state index contributed by atoms with van der Waals surface area (Å²) >= 11 is 0. The fourth-order valence-corrected chi connectivity index (χ4v) is 5.46. The third-order valence-electron chi connectivity index (χ3n) is 6.62. The van der Waals surface area contributed by atoms with Gasteiger partial charge in [-0.25, -0.2) is 0 Å². The molecule has 4 aliphatic heterocycles. The van der Waals surface area contributed by atoms with Gasteiger partial charge in [0.15, 0.2) is 0 Å². The summed E-state index contributed by atoms with van der Waals surface area (Å²) < 4.78 is 0. The summed E-state index contributed by atoms with van der Waals surface area (Å²) in [5.41, 5.74) is 3.28. The van der Waals surface area contributed by atoms with Crippen LogP contribution in [-0.4, -0.2) is 52.7 Å². The van der Waals surface area contributed by atoms with E-state index in [2.05, 4.69) is 11.0 Å². The maximum Gasteiger partial charge on any atom is 0.256 e. The minimum absolute atomic E-state index is 0.0613. The Morgan fingerprint density at radius 1 is 1.13 bits per heavy atom. The van der Waals surface area contributed by atoms with Crippen LogP contribution in [0.1, 0.15) is 53.1 Å². The molecule has 4 heteroatoms. The number of aryl methyl sites for hydroxylation is 1. The fourth-order valence-electron chi connectivity index (χ4n) is 5.46. The number of aliphatic hydroxyl groups is 1. The Hall–Kier alpha value is -1.39. The van der Waals surface area contributed by atoms with Crippen molar-refractivity contribution in [1.29, 1.82) is 0 Å². The molecule has 2 bridgehead atoms. The second-order valence-corrected chi connectivity index (χ2v) is 7.71. The number of aliphatic hydroxyl groups excluding tert-OH is 1. The predicted molar refractivity (Wildman–Crippen MR) is 87.2 cm³/mol. The van der Waals surface area contributed by atoms with Crippen molar-refractivity contribution in [2.75, 3.05) is 19.6 Å². The van der Waals surface area contributed by atoms with Crippen molar-refractivity contribution in [3.63, 3.8) is 0 Å². The van der Waals surface area contributed by atoms with E-state index >= 15 is 0 Å². The molecule has 5 aliphatic rings. The lowest BCUT2D eigenvalue weighted by Gasteiger charge is -2.53. The number of hydrogen-bond acceptors (Lipinski definition) is 3. The second-order valence-electron chi connectivity index (χ2n) is 7.71. The Bertz CT molecular complexity index is 651. The first-order valence-corrected chi connectivity index (χ1v) is 9.09. The Balaban J connectivity index is 1.58. The number of hydrogen-bond donors (Lipinski definition) is 1. The van der Waals surface area contributed by atoms with E-state index in [-0.39, 0.29) is 17.9 Å². The van der Waals surface area contributed by atoms with Crippen LogP contribution in [0.2, 0.25) is 0 Å². The van der Waals surface area contributed by atoms with E-state index in [0.29, 0.717) is 5.92 Å². The minimum atomic E-state index is -0.637. The van der Waals surface area contributed by atoms with E-state index in [4.69, 9.17) is 0 Å². The molecular formula is C19H24N2O2. The summed E-state index contributed by atoms with van der Waals surface area (Å²) in [6.07, 6.45) is 4.84. The van der Waals surface area contributed by atoms with Crippen LogP contribution < -0.4 is 0 Å². The molecule has 1 aromatic carbocycles. The van der Waals surface area contributed by atoms with Crippen molar-refractivity contribution < 1.29 is 9.90 Å². The third-order valence-corrected chi connectivity index (χ3v) is 6.62. The van der Waals surface area contributed by atoms with Crippen molar-refractivity contribution in [3.8, 4) is 0 Å². The number of rotatable bonds is 1. The number of carbonyl (C=O) groups is 1. The van der Waals surface area contributed by atoms with E-state index in [1.807, 2.05) is 17.0 Å². The Morgan fingerprint density at radius 3 is 2.70 bits per heavy atom. The largest absolute Gasteiger partial charge is 0.373 e. The van der Waals surface area contributed by atoms with Crippen LogP contribution in [0.25, 0.3) is 0 Å². The fraction of sp³-hybridized carbons (Fsp3) is 0.632. The van der Waals surface area contributed by atoms with Gasteiger partial charge in [-0.05, 0) is 68.3 Å². The molecule has 3 fully saturated rings. The topological polar surface area (TPSA) is 43.8 Å². The highest BCUT2D eigenvalue weighted by atomic mass is 16.3. The summed E-state index contributed by atoms with van der Waals surface area (Å²) in [5, 5.41) is 11.1. The number of amides is 1. The molecule has 23 heavy (non-hydrogen) atoms. The lowest BCUT2D eigenvalue weighted by Crippen LogP contribution is -2.63. The molecule has 6 rings (SSSR count). The number of nitrogens with zero attached hydrogens (tertiary/aromatic N) is 2. The lowest BCUT2D eigenvalue weighted by molar-refractivity contribution is -0.0781. The van der Waals surface area contributed by atoms with Crippen LogP contribution >= 0.6 is 0 Å². The molecule has 4 heterocycles. The molecule has 1 amide bonds. The van der Waals surface area contributed by atoms with Gasteiger partial charge in [-0.2, -0.15) is 0 Å². The lowest BCUT2D eigenvalue weighted by atomic mass is 9.74. The summed E-state index contributed by atoms with van der Waals surface area (Å²) in [6.45, 7) is 3.25. The summed E-state index contributed by atoms with van der Waals surface area (Å²) in [7, 11) is 0. The number of benzene rings is 1. The average Bonchev–Trinajstić information content (AvgIpc) is 2.61. The molecule has 1 aliphatic carbocycles. The smallest absolute Gasteiger partial charge is 0.256 e. The van der Waals surface area contributed by atoms with Crippen LogP contribution in [0.15, 0.2) is 18.2 Å². The van der Waals surface area contributed by atoms with Crippen LogP contribution in [0.5, 0.6) is 0 Å². The number of piperidine rings is 3. The standard InChI is InChI=1S/C19H24N2O2/c22-18-14-5-1-3-13-4-2-6-15(17(13)14)19(23)21(18)16-11-20-9-7-12(16)8-10-20/h1,3,5,12,15-16,19,23H,2,4,6-11H2. The van der Waals surface area contributed by atoms with Crippen LogP contribution in [0.3, 0.4) is 0 Å². The summed E-state index contributed by atoms with van der Waals surface area (Å²) in [6, 6.07) is 6.31. The quantitative estimate of drug-likeness (QED) is 0.862. The minimum Gasteiger partial charge on any atom is -0.373 e. The molecule has 122 valence electrons. The predicted octanol–water partition coefficient (Wildman–Crippen LogP) is 1.97. The first kappa shape index (κ1) is 14.0. The second kappa shape index (κ2) is 5.05. The van der Waals surface area contributed by atoms with Gasteiger partial charge < -0.3 is 14.9 Å². The maximum absolute atomic E-state index is 13.2. The van der Waals surface area contributed by atoms with Crippen molar-refractivity contribution in [2.45, 2.75) is 50.3 Å². The molecule has 1 N–H and O–H groups in total. The molecule has 0 aromatic heterocycles. The molecule has 3 saturated heterocycles. The molecule has 3 atom stereocenters. The normalized spacial score (nSPS) is 38.6. The van der Waals surface area contributed by atoms with Gasteiger partial charge in [0.2, 0.25) is 0 Å². The van der Waals surface area contributed by atoms with Crippen LogP contribution in [-0.2, 0) is 6.42 Å². The molecule has 3 unspecified atom stereocenters. The monoisotopic (exact) mass is 312 g/mol. The highest BCUT2D eigenvalue weighted by Gasteiger charge is 2.48. The highest BCUT2D eigenvalue weighted by Crippen LogP contribution is 2.44. The first-order chi connectivity index (χ1) is 11.2. The Morgan fingerprint density at radius 2 is 1.96 bits per heavy atom. The van der Waals surface area contributed by atoms with Gasteiger partial charge in [0.05, 0.1) is 6.04 Å². The summed E-state index contributed by atoms with van der Waals surface area (Å²) in [5.74, 6) is 0.737. The van der Waals surface area contributed by atoms with Gasteiger partial charge >= 0.3 is 0 Å². The average molecular weight is 312 g/mol. The third kappa shape index (κ3) is 1.94. The maximum atomic E-state index is 13.2. The van der Waals surface area contributed by atoms with Crippen molar-refractivity contribution in [2.24, 2.45) is 5.92 Å². The van der Waals surface area contributed by atoms with Crippen molar-refractivity contribution in [1.82, 2.24) is 9.80 Å². The Kier molecular flexibility index (Phi) is 3.07. The van der Waals surface area contributed by atoms with Crippen LogP contribution in [0.4, 0.5) is 0 Å². The molecule has 4 nitrogen and oxygen atoms in total. The molecule has 1 aromatic rings. The SMILES string of the molecule is O=C1c2cccc3c2C(CCC3)C(O)N1C1CN2CCC1CC2. The molecule has 0 saturated carbocycles. The van der Waals surface area contributed by atoms with E-state index in [9.17, 15) is 9.90 Å². The van der Waals surface area contributed by atoms with Gasteiger partial charge in [0.25, 0.3) is 5.91 Å². The zero-order valence-corrected chi connectivity index (χ0v) is 13.4. The first-order valence-electron chi connectivity index (χ1n) is 9.09. The van der Waals surface area contributed by atoms with E-state index in [1.165, 1.54) is 18.4 Å². The zero-order chi connectivity index (χ0) is 15.6. The van der Waals surface area contributed by atoms with E-state index < -0.39 is 6.23 Å². The molecule has 0 radical (unpaired) electrons. The zero-order valence-electron chi connectivity index (χ0n) is 13.4.